The van der Waals surface area contributed by atoms with Crippen LogP contribution < -0.4 is 4.74 Å². The Labute approximate surface area is 171 Å². The normalized spacial score (nSPS) is 17.2. The van der Waals surface area contributed by atoms with Crippen LogP contribution in [0.1, 0.15) is 38.2 Å². The van der Waals surface area contributed by atoms with E-state index >= 15 is 0 Å². The molecule has 1 atom stereocenters. The Kier molecular flexibility index (Phi) is 5.65. The third-order valence-electron chi connectivity index (χ3n) is 5.69. The van der Waals surface area contributed by atoms with Crippen molar-refractivity contribution < 1.29 is 9.53 Å². The SMILES string of the molecule is CCC1CCCCN1C(=O)/C=C/c1c(-c2ccccc2)nn2c(OC)cccc12. The Morgan fingerprint density at radius 1 is 1.17 bits per heavy atom. The van der Waals surface area contributed by atoms with Crippen LogP contribution in [0.2, 0.25) is 0 Å². The molecule has 1 aliphatic heterocycles. The minimum absolute atomic E-state index is 0.0813. The van der Waals surface area contributed by atoms with E-state index in [9.17, 15) is 4.79 Å². The molecule has 3 aromatic rings. The number of aromatic nitrogens is 2. The predicted octanol–water partition coefficient (Wildman–Crippen LogP) is 4.81. The maximum atomic E-state index is 13.0. The van der Waals surface area contributed by atoms with E-state index in [-0.39, 0.29) is 5.91 Å². The zero-order valence-electron chi connectivity index (χ0n) is 17.0. The number of nitrogens with zero attached hydrogens (tertiary/aromatic N) is 3. The van der Waals surface area contributed by atoms with E-state index in [1.807, 2.05) is 59.5 Å². The smallest absolute Gasteiger partial charge is 0.246 e. The topological polar surface area (TPSA) is 46.8 Å². The monoisotopic (exact) mass is 389 g/mol. The largest absolute Gasteiger partial charge is 0.481 e. The van der Waals surface area contributed by atoms with Crippen LogP contribution in [-0.4, -0.2) is 40.1 Å². The van der Waals surface area contributed by atoms with Crippen molar-refractivity contribution in [2.75, 3.05) is 13.7 Å². The fourth-order valence-corrected chi connectivity index (χ4v) is 4.16. The van der Waals surface area contributed by atoms with Crippen molar-refractivity contribution in [1.82, 2.24) is 14.5 Å². The minimum atomic E-state index is 0.0813. The summed E-state index contributed by atoms with van der Waals surface area (Å²) >= 11 is 0. The molecular formula is C24H27N3O2. The number of hydrogen-bond donors (Lipinski definition) is 0. The van der Waals surface area contributed by atoms with Gasteiger partial charge in [-0.25, -0.2) is 0 Å². The van der Waals surface area contributed by atoms with Crippen molar-refractivity contribution in [1.29, 1.82) is 0 Å². The molecular weight excluding hydrogens is 362 g/mol. The molecule has 0 N–H and O–H groups in total. The standard InChI is InChI=1S/C24H27N3O2/c1-3-19-12-7-8-17-26(19)22(28)16-15-20-21-13-9-14-23(29-2)27(21)25-24(20)18-10-5-4-6-11-18/h4-6,9-11,13-16,19H,3,7-8,12,17H2,1-2H3/b16-15+. The molecule has 4 rings (SSSR count). The highest BCUT2D eigenvalue weighted by molar-refractivity contribution is 5.95. The van der Waals surface area contributed by atoms with E-state index < -0.39 is 0 Å². The van der Waals surface area contributed by atoms with Crippen molar-refractivity contribution in [3.8, 4) is 17.1 Å². The number of fused-ring (bicyclic) bond motifs is 1. The van der Waals surface area contributed by atoms with Crippen molar-refractivity contribution in [3.63, 3.8) is 0 Å². The molecule has 3 heterocycles. The maximum absolute atomic E-state index is 13.0. The predicted molar refractivity (Wildman–Crippen MR) is 116 cm³/mol. The molecule has 1 fully saturated rings. The number of carbonyl (C=O) groups excluding carboxylic acids is 1. The lowest BCUT2D eigenvalue weighted by atomic mass is 10.00. The van der Waals surface area contributed by atoms with Crippen LogP contribution in [0.5, 0.6) is 5.88 Å². The van der Waals surface area contributed by atoms with Crippen molar-refractivity contribution >= 4 is 17.5 Å². The van der Waals surface area contributed by atoms with Gasteiger partial charge in [0.25, 0.3) is 0 Å². The van der Waals surface area contributed by atoms with Crippen LogP contribution in [0.3, 0.4) is 0 Å². The van der Waals surface area contributed by atoms with Crippen LogP contribution in [0.4, 0.5) is 0 Å². The molecule has 5 nitrogen and oxygen atoms in total. The Balaban J connectivity index is 1.76. The van der Waals surface area contributed by atoms with E-state index in [0.717, 1.165) is 48.1 Å². The van der Waals surface area contributed by atoms with Gasteiger partial charge < -0.3 is 9.64 Å². The van der Waals surface area contributed by atoms with E-state index in [2.05, 4.69) is 6.92 Å². The first-order chi connectivity index (χ1) is 14.2. The van der Waals surface area contributed by atoms with Crippen LogP contribution in [0, 0.1) is 0 Å². The average Bonchev–Trinajstić information content (AvgIpc) is 3.16. The minimum Gasteiger partial charge on any atom is -0.481 e. The first-order valence-corrected chi connectivity index (χ1v) is 10.3. The second-order valence-corrected chi connectivity index (χ2v) is 7.42. The number of rotatable bonds is 5. The van der Waals surface area contributed by atoms with Crippen molar-refractivity contribution in [2.24, 2.45) is 0 Å². The first kappa shape index (κ1) is 19.2. The Bertz CT molecular complexity index is 1020. The number of amides is 1. The zero-order chi connectivity index (χ0) is 20.2. The summed E-state index contributed by atoms with van der Waals surface area (Å²) in [7, 11) is 1.64. The van der Waals surface area contributed by atoms with Gasteiger partial charge in [0.1, 0.15) is 5.69 Å². The fourth-order valence-electron chi connectivity index (χ4n) is 4.16. The molecule has 1 saturated heterocycles. The maximum Gasteiger partial charge on any atom is 0.246 e. The van der Waals surface area contributed by atoms with Crippen LogP contribution >= 0.6 is 0 Å². The molecule has 1 aliphatic rings. The van der Waals surface area contributed by atoms with Gasteiger partial charge in [0.2, 0.25) is 11.8 Å². The fraction of sp³-hybridized carbons (Fsp3) is 0.333. The Hall–Kier alpha value is -3.08. The molecule has 0 spiro atoms. The van der Waals surface area contributed by atoms with Crippen molar-refractivity contribution in [2.45, 2.75) is 38.6 Å². The summed E-state index contributed by atoms with van der Waals surface area (Å²) in [5.41, 5.74) is 3.69. The molecule has 5 heteroatoms. The molecule has 2 aromatic heterocycles. The number of methoxy groups -OCH3 is 1. The second-order valence-electron chi connectivity index (χ2n) is 7.42. The van der Waals surface area contributed by atoms with Crippen LogP contribution in [0.25, 0.3) is 22.9 Å². The molecule has 0 radical (unpaired) electrons. The molecule has 150 valence electrons. The van der Waals surface area contributed by atoms with Gasteiger partial charge in [-0.3, -0.25) is 4.79 Å². The molecule has 29 heavy (non-hydrogen) atoms. The third-order valence-corrected chi connectivity index (χ3v) is 5.69. The van der Waals surface area contributed by atoms with E-state index in [1.54, 1.807) is 17.7 Å². The van der Waals surface area contributed by atoms with Gasteiger partial charge in [0.15, 0.2) is 0 Å². The lowest BCUT2D eigenvalue weighted by molar-refractivity contribution is -0.129. The van der Waals surface area contributed by atoms with Crippen LogP contribution in [-0.2, 0) is 4.79 Å². The average molecular weight is 389 g/mol. The molecule has 1 amide bonds. The zero-order valence-corrected chi connectivity index (χ0v) is 17.0. The third kappa shape index (κ3) is 3.77. The summed E-state index contributed by atoms with van der Waals surface area (Å²) in [5.74, 6) is 0.741. The summed E-state index contributed by atoms with van der Waals surface area (Å²) < 4.78 is 7.28. The summed E-state index contributed by atoms with van der Waals surface area (Å²) in [4.78, 5) is 15.0. The van der Waals surface area contributed by atoms with Gasteiger partial charge in [-0.15, -0.1) is 0 Å². The highest BCUT2D eigenvalue weighted by atomic mass is 16.5. The highest BCUT2D eigenvalue weighted by Crippen LogP contribution is 2.30. The number of carbonyl (C=O) groups is 1. The van der Waals surface area contributed by atoms with E-state index in [4.69, 9.17) is 9.84 Å². The van der Waals surface area contributed by atoms with Gasteiger partial charge in [-0.1, -0.05) is 43.3 Å². The molecule has 0 aliphatic carbocycles. The van der Waals surface area contributed by atoms with Gasteiger partial charge in [-0.2, -0.15) is 9.61 Å². The second kappa shape index (κ2) is 8.52. The van der Waals surface area contributed by atoms with Gasteiger partial charge in [0, 0.05) is 35.9 Å². The number of benzene rings is 1. The Morgan fingerprint density at radius 2 is 2.00 bits per heavy atom. The summed E-state index contributed by atoms with van der Waals surface area (Å²) in [6, 6.07) is 16.2. The molecule has 0 saturated carbocycles. The number of pyridine rings is 1. The lowest BCUT2D eigenvalue weighted by Gasteiger charge is -2.34. The summed E-state index contributed by atoms with van der Waals surface area (Å²) in [5, 5.41) is 4.79. The highest BCUT2D eigenvalue weighted by Gasteiger charge is 2.24. The molecule has 1 aromatic carbocycles. The lowest BCUT2D eigenvalue weighted by Crippen LogP contribution is -2.42. The number of likely N-dealkylation sites (tertiary alicyclic amines) is 1. The van der Waals surface area contributed by atoms with Gasteiger partial charge in [-0.05, 0) is 37.8 Å². The van der Waals surface area contributed by atoms with Crippen molar-refractivity contribution in [3.05, 3.63) is 60.2 Å². The number of hydrogen-bond acceptors (Lipinski definition) is 3. The van der Waals surface area contributed by atoms with Gasteiger partial charge >= 0.3 is 0 Å². The summed E-state index contributed by atoms with van der Waals surface area (Å²) in [6.45, 7) is 3.00. The summed E-state index contributed by atoms with van der Waals surface area (Å²) in [6.07, 6.45) is 8.00. The molecule has 0 bridgehead atoms. The Morgan fingerprint density at radius 3 is 2.76 bits per heavy atom. The number of piperidine rings is 1. The van der Waals surface area contributed by atoms with E-state index in [0.29, 0.717) is 11.9 Å². The first-order valence-electron chi connectivity index (χ1n) is 10.3. The molecule has 1 unspecified atom stereocenters. The van der Waals surface area contributed by atoms with Crippen LogP contribution in [0.15, 0.2) is 54.6 Å². The van der Waals surface area contributed by atoms with Gasteiger partial charge in [0.05, 0.1) is 12.6 Å². The quantitative estimate of drug-likeness (QED) is 0.588. The number of ether oxygens (including phenoxy) is 1. The van der Waals surface area contributed by atoms with E-state index in [1.165, 1.54) is 6.42 Å².